The smallest absolute Gasteiger partial charge is 0.0453 e. The summed E-state index contributed by atoms with van der Waals surface area (Å²) in [4.78, 5) is 2.39. The molecule has 0 aliphatic heterocycles. The Balaban J connectivity index is 2.77. The number of halogens is 1. The van der Waals surface area contributed by atoms with Gasteiger partial charge in [0.25, 0.3) is 0 Å². The normalized spacial score (nSPS) is 16.4. The van der Waals surface area contributed by atoms with Gasteiger partial charge in [-0.05, 0) is 44.5 Å². The SMILES string of the molecule is CCC(C)(CNC)CN(C)C(C)c1ccccc1Cl. The Labute approximate surface area is 123 Å². The van der Waals surface area contributed by atoms with Gasteiger partial charge < -0.3 is 5.32 Å². The minimum atomic E-state index is 0.291. The van der Waals surface area contributed by atoms with Crippen LogP contribution < -0.4 is 5.32 Å². The first-order valence-corrected chi connectivity index (χ1v) is 7.40. The van der Waals surface area contributed by atoms with Crippen molar-refractivity contribution >= 4 is 11.6 Å². The van der Waals surface area contributed by atoms with Gasteiger partial charge in [-0.25, -0.2) is 0 Å². The lowest BCUT2D eigenvalue weighted by Crippen LogP contribution is -2.40. The second-order valence-electron chi connectivity index (χ2n) is 5.81. The first kappa shape index (κ1) is 16.5. The lowest BCUT2D eigenvalue weighted by Gasteiger charge is -2.36. The van der Waals surface area contributed by atoms with Crippen LogP contribution in [0.4, 0.5) is 0 Å². The monoisotopic (exact) mass is 282 g/mol. The summed E-state index contributed by atoms with van der Waals surface area (Å²) in [5, 5.41) is 4.16. The van der Waals surface area contributed by atoms with E-state index in [1.54, 1.807) is 0 Å². The van der Waals surface area contributed by atoms with Gasteiger partial charge in [0.2, 0.25) is 0 Å². The Morgan fingerprint density at radius 2 is 2.00 bits per heavy atom. The Bertz CT molecular complexity index is 394. The van der Waals surface area contributed by atoms with Crippen LogP contribution in [0.1, 0.15) is 38.8 Å². The lowest BCUT2D eigenvalue weighted by molar-refractivity contribution is 0.150. The maximum atomic E-state index is 6.29. The fraction of sp³-hybridized carbons (Fsp3) is 0.625. The van der Waals surface area contributed by atoms with Crippen molar-refractivity contribution < 1.29 is 0 Å². The van der Waals surface area contributed by atoms with Crippen LogP contribution in [0, 0.1) is 5.41 Å². The molecule has 0 spiro atoms. The van der Waals surface area contributed by atoms with E-state index in [1.165, 1.54) is 5.56 Å². The number of nitrogens with one attached hydrogen (secondary N) is 1. The van der Waals surface area contributed by atoms with Crippen LogP contribution in [0.2, 0.25) is 5.02 Å². The quantitative estimate of drug-likeness (QED) is 0.814. The van der Waals surface area contributed by atoms with Crippen LogP contribution in [0.25, 0.3) is 0 Å². The molecule has 19 heavy (non-hydrogen) atoms. The van der Waals surface area contributed by atoms with Crippen LogP contribution >= 0.6 is 11.6 Å². The highest BCUT2D eigenvalue weighted by Gasteiger charge is 2.26. The van der Waals surface area contributed by atoms with E-state index < -0.39 is 0 Å². The fourth-order valence-electron chi connectivity index (χ4n) is 2.51. The van der Waals surface area contributed by atoms with E-state index in [-0.39, 0.29) is 0 Å². The molecule has 1 aromatic carbocycles. The summed E-state index contributed by atoms with van der Waals surface area (Å²) in [7, 11) is 4.20. The minimum absolute atomic E-state index is 0.291. The topological polar surface area (TPSA) is 15.3 Å². The lowest BCUT2D eigenvalue weighted by atomic mass is 9.86. The molecule has 0 saturated heterocycles. The molecule has 0 fully saturated rings. The van der Waals surface area contributed by atoms with Gasteiger partial charge in [-0.15, -0.1) is 0 Å². The van der Waals surface area contributed by atoms with Crippen molar-refractivity contribution in [1.82, 2.24) is 10.2 Å². The minimum Gasteiger partial charge on any atom is -0.319 e. The highest BCUT2D eigenvalue weighted by molar-refractivity contribution is 6.31. The van der Waals surface area contributed by atoms with E-state index in [9.17, 15) is 0 Å². The number of hydrogen-bond donors (Lipinski definition) is 1. The number of nitrogens with zero attached hydrogens (tertiary/aromatic N) is 1. The van der Waals surface area contributed by atoms with E-state index in [4.69, 9.17) is 11.6 Å². The summed E-state index contributed by atoms with van der Waals surface area (Å²) in [6.45, 7) is 8.89. The van der Waals surface area contributed by atoms with Crippen LogP contribution in [0.3, 0.4) is 0 Å². The van der Waals surface area contributed by atoms with Crippen molar-refractivity contribution in [3.05, 3.63) is 34.9 Å². The molecular formula is C16H27ClN2. The van der Waals surface area contributed by atoms with Gasteiger partial charge in [-0.2, -0.15) is 0 Å². The van der Waals surface area contributed by atoms with Gasteiger partial charge in [0, 0.05) is 24.2 Å². The van der Waals surface area contributed by atoms with Gasteiger partial charge in [0.15, 0.2) is 0 Å². The Kier molecular flexibility index (Phi) is 6.31. The highest BCUT2D eigenvalue weighted by Crippen LogP contribution is 2.29. The summed E-state index contributed by atoms with van der Waals surface area (Å²) in [5.74, 6) is 0. The highest BCUT2D eigenvalue weighted by atomic mass is 35.5. The zero-order valence-corrected chi connectivity index (χ0v) is 13.6. The zero-order valence-electron chi connectivity index (χ0n) is 12.8. The molecule has 0 saturated carbocycles. The van der Waals surface area contributed by atoms with Crippen molar-refractivity contribution in [3.63, 3.8) is 0 Å². The molecule has 0 radical (unpaired) electrons. The second-order valence-corrected chi connectivity index (χ2v) is 6.21. The number of rotatable bonds is 7. The Morgan fingerprint density at radius 3 is 2.53 bits per heavy atom. The van der Waals surface area contributed by atoms with Crippen molar-refractivity contribution in [1.29, 1.82) is 0 Å². The van der Waals surface area contributed by atoms with Crippen LogP contribution in [-0.4, -0.2) is 32.1 Å². The predicted octanol–water partition coefficient (Wildman–Crippen LogP) is 3.97. The number of benzene rings is 1. The predicted molar refractivity (Wildman–Crippen MR) is 84.8 cm³/mol. The molecule has 108 valence electrons. The van der Waals surface area contributed by atoms with Gasteiger partial charge in [0.05, 0.1) is 0 Å². The Morgan fingerprint density at radius 1 is 1.37 bits per heavy atom. The third kappa shape index (κ3) is 4.48. The molecule has 0 aliphatic rings. The van der Waals surface area contributed by atoms with Crippen LogP contribution in [0.15, 0.2) is 24.3 Å². The summed E-state index contributed by atoms with van der Waals surface area (Å²) >= 11 is 6.29. The molecule has 1 aromatic rings. The Hall–Kier alpha value is -0.570. The van der Waals surface area contributed by atoms with E-state index in [2.05, 4.69) is 50.2 Å². The molecule has 0 bridgehead atoms. The molecule has 2 nitrogen and oxygen atoms in total. The molecule has 0 amide bonds. The molecule has 3 heteroatoms. The fourth-order valence-corrected chi connectivity index (χ4v) is 2.80. The zero-order chi connectivity index (χ0) is 14.5. The first-order valence-electron chi connectivity index (χ1n) is 7.03. The third-order valence-electron chi connectivity index (χ3n) is 4.10. The first-order chi connectivity index (χ1) is 8.93. The summed E-state index contributed by atoms with van der Waals surface area (Å²) in [6.07, 6.45) is 1.16. The molecule has 0 aromatic heterocycles. The maximum Gasteiger partial charge on any atom is 0.0453 e. The van der Waals surface area contributed by atoms with Crippen LogP contribution in [0.5, 0.6) is 0 Å². The van der Waals surface area contributed by atoms with Crippen molar-refractivity contribution in [2.75, 3.05) is 27.2 Å². The molecular weight excluding hydrogens is 256 g/mol. The standard InChI is InChI=1S/C16H27ClN2/c1-6-16(3,11-18-4)12-19(5)13(2)14-9-7-8-10-15(14)17/h7-10,13,18H,6,11-12H2,1-5H3. The van der Waals surface area contributed by atoms with Gasteiger partial charge in [0.1, 0.15) is 0 Å². The summed E-state index contributed by atoms with van der Waals surface area (Å²) in [5.41, 5.74) is 1.49. The maximum absolute atomic E-state index is 6.29. The number of hydrogen-bond acceptors (Lipinski definition) is 2. The molecule has 0 aliphatic carbocycles. The van der Waals surface area contributed by atoms with E-state index >= 15 is 0 Å². The summed E-state index contributed by atoms with van der Waals surface area (Å²) < 4.78 is 0. The van der Waals surface area contributed by atoms with Gasteiger partial charge >= 0.3 is 0 Å². The van der Waals surface area contributed by atoms with Crippen molar-refractivity contribution in [2.45, 2.75) is 33.2 Å². The molecule has 0 heterocycles. The summed E-state index contributed by atoms with van der Waals surface area (Å²) in [6, 6.07) is 8.45. The van der Waals surface area contributed by atoms with Crippen LogP contribution in [-0.2, 0) is 0 Å². The molecule has 2 atom stereocenters. The second kappa shape index (κ2) is 7.28. The molecule has 1 rings (SSSR count). The van der Waals surface area contributed by atoms with Gasteiger partial charge in [-0.1, -0.05) is 43.6 Å². The molecule has 2 unspecified atom stereocenters. The molecule has 1 N–H and O–H groups in total. The average Bonchev–Trinajstić information content (AvgIpc) is 2.38. The van der Waals surface area contributed by atoms with Gasteiger partial charge in [-0.3, -0.25) is 4.90 Å². The van der Waals surface area contributed by atoms with E-state index in [1.807, 2.05) is 19.2 Å². The third-order valence-corrected chi connectivity index (χ3v) is 4.45. The largest absolute Gasteiger partial charge is 0.319 e. The van der Waals surface area contributed by atoms with Crippen molar-refractivity contribution in [3.8, 4) is 0 Å². The van der Waals surface area contributed by atoms with Crippen molar-refractivity contribution in [2.24, 2.45) is 5.41 Å². The average molecular weight is 283 g/mol. The van der Waals surface area contributed by atoms with E-state index in [0.717, 1.165) is 24.5 Å². The van der Waals surface area contributed by atoms with E-state index in [0.29, 0.717) is 11.5 Å².